The Hall–Kier alpha value is -2.01. The average Bonchev–Trinajstić information content (AvgIpc) is 2.30. The van der Waals surface area contributed by atoms with Gasteiger partial charge in [-0.25, -0.2) is 0 Å². The summed E-state index contributed by atoms with van der Waals surface area (Å²) in [4.78, 5) is 8.36. The monoisotopic (exact) mass is 230 g/mol. The minimum Gasteiger partial charge on any atom is -0.388 e. The first kappa shape index (κ1) is 10.5. The zero-order valence-electron chi connectivity index (χ0n) is 8.42. The van der Waals surface area contributed by atoms with Crippen molar-refractivity contribution in [2.24, 2.45) is 5.73 Å². The zero-order chi connectivity index (χ0) is 11.4. The molecule has 0 saturated heterocycles. The number of anilines is 2. The van der Waals surface area contributed by atoms with Crippen molar-refractivity contribution in [1.29, 1.82) is 0 Å². The first-order valence-electron chi connectivity index (χ1n) is 4.68. The van der Waals surface area contributed by atoms with E-state index in [1.54, 1.807) is 24.7 Å². The molecule has 2 aromatic heterocycles. The van der Waals surface area contributed by atoms with Gasteiger partial charge >= 0.3 is 0 Å². The van der Waals surface area contributed by atoms with Crippen molar-refractivity contribution < 1.29 is 0 Å². The molecule has 0 aliphatic heterocycles. The molecular weight excluding hydrogens is 220 g/mol. The van der Waals surface area contributed by atoms with Crippen LogP contribution in [0.2, 0.25) is 0 Å². The fourth-order valence-electron chi connectivity index (χ4n) is 1.25. The Labute approximate surface area is 98.5 Å². The summed E-state index contributed by atoms with van der Waals surface area (Å²) in [7, 11) is 0. The Bertz CT molecular complexity index is 498. The van der Waals surface area contributed by atoms with Gasteiger partial charge in [0.25, 0.3) is 0 Å². The standard InChI is InChI=1S/C11H10N4S/c12-11(16)10-6-8(3-5-14-10)15-9-2-1-4-13-7-9/h1-7H,(H2,12,16)(H,14,15). The van der Waals surface area contributed by atoms with Gasteiger partial charge in [-0.15, -0.1) is 0 Å². The zero-order valence-corrected chi connectivity index (χ0v) is 9.24. The number of aromatic nitrogens is 2. The van der Waals surface area contributed by atoms with Crippen LogP contribution >= 0.6 is 12.2 Å². The topological polar surface area (TPSA) is 63.8 Å². The maximum absolute atomic E-state index is 5.50. The summed E-state index contributed by atoms with van der Waals surface area (Å²) in [6, 6.07) is 7.43. The van der Waals surface area contributed by atoms with E-state index in [1.807, 2.05) is 18.2 Å². The molecule has 2 aromatic rings. The number of rotatable bonds is 3. The summed E-state index contributed by atoms with van der Waals surface area (Å²) in [5, 5.41) is 3.18. The summed E-state index contributed by atoms with van der Waals surface area (Å²) in [6.45, 7) is 0. The predicted molar refractivity (Wildman–Crippen MR) is 67.6 cm³/mol. The summed E-state index contributed by atoms with van der Waals surface area (Å²) in [5.41, 5.74) is 7.89. The van der Waals surface area contributed by atoms with Crippen molar-refractivity contribution in [3.8, 4) is 0 Å². The Kier molecular flexibility index (Phi) is 3.07. The predicted octanol–water partition coefficient (Wildman–Crippen LogP) is 1.85. The Morgan fingerprint density at radius 2 is 2.12 bits per heavy atom. The average molecular weight is 230 g/mol. The third-order valence-electron chi connectivity index (χ3n) is 1.96. The van der Waals surface area contributed by atoms with Crippen LogP contribution in [-0.2, 0) is 0 Å². The van der Waals surface area contributed by atoms with Gasteiger partial charge in [-0.2, -0.15) is 0 Å². The minimum atomic E-state index is 0.287. The highest BCUT2D eigenvalue weighted by atomic mass is 32.1. The number of nitrogens with two attached hydrogens (primary N) is 1. The molecule has 0 saturated carbocycles. The highest BCUT2D eigenvalue weighted by Crippen LogP contribution is 2.15. The highest BCUT2D eigenvalue weighted by molar-refractivity contribution is 7.80. The van der Waals surface area contributed by atoms with Crippen molar-refractivity contribution >= 4 is 28.6 Å². The third-order valence-corrected chi connectivity index (χ3v) is 2.17. The minimum absolute atomic E-state index is 0.287. The van der Waals surface area contributed by atoms with Crippen LogP contribution in [-0.4, -0.2) is 15.0 Å². The second-order valence-corrected chi connectivity index (χ2v) is 3.60. The summed E-state index contributed by atoms with van der Waals surface area (Å²) in [5.74, 6) is 0. The number of nitrogens with one attached hydrogen (secondary N) is 1. The van der Waals surface area contributed by atoms with E-state index >= 15 is 0 Å². The molecule has 0 aliphatic rings. The molecule has 80 valence electrons. The summed E-state index contributed by atoms with van der Waals surface area (Å²) < 4.78 is 0. The lowest BCUT2D eigenvalue weighted by Crippen LogP contribution is -2.11. The first-order valence-corrected chi connectivity index (χ1v) is 5.09. The quantitative estimate of drug-likeness (QED) is 0.788. The third kappa shape index (κ3) is 2.52. The van der Waals surface area contributed by atoms with Gasteiger partial charge in [0.05, 0.1) is 17.6 Å². The largest absolute Gasteiger partial charge is 0.388 e. The fraction of sp³-hybridized carbons (Fsp3) is 0. The number of hydrogen-bond acceptors (Lipinski definition) is 4. The van der Waals surface area contributed by atoms with Crippen molar-refractivity contribution in [3.63, 3.8) is 0 Å². The lowest BCUT2D eigenvalue weighted by Gasteiger charge is -2.06. The molecule has 0 radical (unpaired) electrons. The van der Waals surface area contributed by atoms with Gasteiger partial charge in [0.2, 0.25) is 0 Å². The van der Waals surface area contributed by atoms with Gasteiger partial charge in [0, 0.05) is 18.1 Å². The molecule has 2 heterocycles. The van der Waals surface area contributed by atoms with Crippen LogP contribution < -0.4 is 11.1 Å². The molecule has 2 rings (SSSR count). The van der Waals surface area contributed by atoms with Crippen molar-refractivity contribution in [2.45, 2.75) is 0 Å². The van der Waals surface area contributed by atoms with E-state index in [9.17, 15) is 0 Å². The van der Waals surface area contributed by atoms with Gasteiger partial charge in [0.15, 0.2) is 0 Å². The molecular formula is C11H10N4S. The Balaban J connectivity index is 2.22. The van der Waals surface area contributed by atoms with E-state index in [1.165, 1.54) is 0 Å². The number of thiocarbonyl (C=S) groups is 1. The van der Waals surface area contributed by atoms with Crippen LogP contribution in [0.3, 0.4) is 0 Å². The Morgan fingerprint density at radius 3 is 2.81 bits per heavy atom. The fourth-order valence-corrected chi connectivity index (χ4v) is 1.36. The lowest BCUT2D eigenvalue weighted by molar-refractivity contribution is 1.28. The van der Waals surface area contributed by atoms with Gasteiger partial charge < -0.3 is 11.1 Å². The number of hydrogen-bond donors (Lipinski definition) is 2. The van der Waals surface area contributed by atoms with E-state index in [0.717, 1.165) is 11.4 Å². The van der Waals surface area contributed by atoms with Crippen LogP contribution in [0, 0.1) is 0 Å². The molecule has 0 aromatic carbocycles. The molecule has 0 amide bonds. The molecule has 0 unspecified atom stereocenters. The summed E-state index contributed by atoms with van der Waals surface area (Å²) >= 11 is 4.86. The number of nitrogens with zero attached hydrogens (tertiary/aromatic N) is 2. The molecule has 5 heteroatoms. The van der Waals surface area contributed by atoms with Crippen LogP contribution in [0.5, 0.6) is 0 Å². The van der Waals surface area contributed by atoms with Crippen molar-refractivity contribution in [3.05, 3.63) is 48.5 Å². The van der Waals surface area contributed by atoms with Gasteiger partial charge in [-0.3, -0.25) is 9.97 Å². The molecule has 0 aliphatic carbocycles. The molecule has 0 fully saturated rings. The Morgan fingerprint density at radius 1 is 1.25 bits per heavy atom. The van der Waals surface area contributed by atoms with Gasteiger partial charge in [0.1, 0.15) is 4.99 Å². The van der Waals surface area contributed by atoms with Gasteiger partial charge in [-0.05, 0) is 24.3 Å². The van der Waals surface area contributed by atoms with E-state index in [4.69, 9.17) is 18.0 Å². The lowest BCUT2D eigenvalue weighted by atomic mass is 10.3. The van der Waals surface area contributed by atoms with Crippen LogP contribution in [0.25, 0.3) is 0 Å². The van der Waals surface area contributed by atoms with E-state index < -0.39 is 0 Å². The summed E-state index contributed by atoms with van der Waals surface area (Å²) in [6.07, 6.45) is 5.12. The van der Waals surface area contributed by atoms with E-state index in [-0.39, 0.29) is 4.99 Å². The second-order valence-electron chi connectivity index (χ2n) is 3.16. The van der Waals surface area contributed by atoms with Crippen molar-refractivity contribution in [2.75, 3.05) is 5.32 Å². The molecule has 0 spiro atoms. The van der Waals surface area contributed by atoms with Crippen LogP contribution in [0.1, 0.15) is 5.69 Å². The molecule has 4 nitrogen and oxygen atoms in total. The normalized spacial score (nSPS) is 9.75. The first-order chi connectivity index (χ1) is 7.75. The second kappa shape index (κ2) is 4.67. The maximum atomic E-state index is 5.50. The van der Waals surface area contributed by atoms with Crippen molar-refractivity contribution in [1.82, 2.24) is 9.97 Å². The van der Waals surface area contributed by atoms with E-state index in [2.05, 4.69) is 15.3 Å². The molecule has 0 atom stereocenters. The SMILES string of the molecule is NC(=S)c1cc(Nc2cccnc2)ccn1. The smallest absolute Gasteiger partial charge is 0.122 e. The number of pyridine rings is 2. The molecule has 16 heavy (non-hydrogen) atoms. The molecule has 3 N–H and O–H groups in total. The highest BCUT2D eigenvalue weighted by Gasteiger charge is 2.00. The van der Waals surface area contributed by atoms with E-state index in [0.29, 0.717) is 5.69 Å². The maximum Gasteiger partial charge on any atom is 0.122 e. The van der Waals surface area contributed by atoms with Crippen LogP contribution in [0.15, 0.2) is 42.9 Å². The van der Waals surface area contributed by atoms with Crippen LogP contribution in [0.4, 0.5) is 11.4 Å². The molecule has 0 bridgehead atoms. The van der Waals surface area contributed by atoms with Gasteiger partial charge in [-0.1, -0.05) is 12.2 Å².